The van der Waals surface area contributed by atoms with Crippen LogP contribution in [0.4, 0.5) is 13.2 Å². The number of nitrogens with one attached hydrogen (secondary N) is 1. The van der Waals surface area contributed by atoms with Gasteiger partial charge in [0.1, 0.15) is 0 Å². The second-order valence-electron chi connectivity index (χ2n) is 5.35. The molecule has 0 saturated heterocycles. The molecule has 1 nitrogen and oxygen atoms in total. The highest BCUT2D eigenvalue weighted by Gasteiger charge is 2.28. The molecule has 0 saturated carbocycles. The Balaban J connectivity index is 2.55. The van der Waals surface area contributed by atoms with Crippen LogP contribution in [0.1, 0.15) is 25.8 Å². The first-order valence-corrected chi connectivity index (χ1v) is 8.72. The van der Waals surface area contributed by atoms with E-state index >= 15 is 0 Å². The van der Waals surface area contributed by atoms with Crippen LogP contribution in [0.2, 0.25) is 0 Å². The molecular weight excluding hydrogens is 363 g/mol. The second kappa shape index (κ2) is 9.06. The molecule has 1 atom stereocenters. The van der Waals surface area contributed by atoms with Gasteiger partial charge in [-0.25, -0.2) is 0 Å². The topological polar surface area (TPSA) is 12.0 Å². The first kappa shape index (κ1) is 18.8. The number of hydrogen-bond donors (Lipinski definition) is 1. The van der Waals surface area contributed by atoms with Crippen molar-refractivity contribution in [3.8, 4) is 0 Å². The summed E-state index contributed by atoms with van der Waals surface area (Å²) in [7, 11) is 0. The molecule has 0 amide bonds. The lowest BCUT2D eigenvalue weighted by Crippen LogP contribution is -2.30. The molecule has 1 aromatic carbocycles. The van der Waals surface area contributed by atoms with Crippen LogP contribution in [-0.4, -0.2) is 23.8 Å². The molecule has 0 heterocycles. The van der Waals surface area contributed by atoms with Gasteiger partial charge in [-0.2, -0.15) is 13.2 Å². The van der Waals surface area contributed by atoms with Crippen molar-refractivity contribution in [3.63, 3.8) is 0 Å². The van der Waals surface area contributed by atoms with E-state index in [9.17, 15) is 13.2 Å². The van der Waals surface area contributed by atoms with Gasteiger partial charge in [-0.1, -0.05) is 53.7 Å². The van der Waals surface area contributed by atoms with Gasteiger partial charge < -0.3 is 5.32 Å². The highest BCUT2D eigenvalue weighted by atomic mass is 79.9. The Morgan fingerprint density at radius 3 is 2.57 bits per heavy atom. The van der Waals surface area contributed by atoms with E-state index in [-0.39, 0.29) is 23.4 Å². The SMILES string of the molecule is CC(C)NCC(CCSC(F)(F)F)Cc1cccc(Br)c1. The highest BCUT2D eigenvalue weighted by Crippen LogP contribution is 2.31. The van der Waals surface area contributed by atoms with E-state index in [0.29, 0.717) is 12.5 Å². The minimum atomic E-state index is -4.13. The lowest BCUT2D eigenvalue weighted by atomic mass is 9.96. The lowest BCUT2D eigenvalue weighted by molar-refractivity contribution is -0.0328. The van der Waals surface area contributed by atoms with Gasteiger partial charge in [0.05, 0.1) is 0 Å². The molecule has 0 aliphatic carbocycles. The standard InChI is InChI=1S/C15H21BrF3NS/c1-11(2)20-10-13(6-7-21-15(17,18)19)8-12-4-3-5-14(16)9-12/h3-5,9,11,13,20H,6-8,10H2,1-2H3. The molecule has 0 radical (unpaired) electrons. The summed E-state index contributed by atoms with van der Waals surface area (Å²) in [5.74, 6) is 0.318. The highest BCUT2D eigenvalue weighted by molar-refractivity contribution is 9.10. The number of thioether (sulfide) groups is 1. The third kappa shape index (κ3) is 9.42. The van der Waals surface area contributed by atoms with Crippen LogP contribution in [0.5, 0.6) is 0 Å². The minimum absolute atomic E-state index is 0.0728. The van der Waals surface area contributed by atoms with E-state index in [1.807, 2.05) is 38.1 Å². The van der Waals surface area contributed by atoms with Crippen LogP contribution in [0, 0.1) is 5.92 Å². The smallest absolute Gasteiger partial charge is 0.314 e. The van der Waals surface area contributed by atoms with Crippen LogP contribution in [0.25, 0.3) is 0 Å². The van der Waals surface area contributed by atoms with E-state index in [2.05, 4.69) is 21.2 Å². The van der Waals surface area contributed by atoms with Crippen LogP contribution in [0.3, 0.4) is 0 Å². The second-order valence-corrected chi connectivity index (χ2v) is 7.42. The fourth-order valence-electron chi connectivity index (χ4n) is 2.02. The maximum absolute atomic E-state index is 12.2. The summed E-state index contributed by atoms with van der Waals surface area (Å²) in [5.41, 5.74) is -2.98. The van der Waals surface area contributed by atoms with Crippen molar-refractivity contribution in [2.45, 2.75) is 38.2 Å². The van der Waals surface area contributed by atoms with Crippen molar-refractivity contribution in [3.05, 3.63) is 34.3 Å². The monoisotopic (exact) mass is 383 g/mol. The van der Waals surface area contributed by atoms with Gasteiger partial charge in [0.2, 0.25) is 0 Å². The van der Waals surface area contributed by atoms with Crippen LogP contribution >= 0.6 is 27.7 Å². The Hall–Kier alpha value is -0.200. The fourth-order valence-corrected chi connectivity index (χ4v) is 3.15. The molecule has 6 heteroatoms. The third-order valence-electron chi connectivity index (χ3n) is 3.02. The van der Waals surface area contributed by atoms with Crippen LogP contribution in [0.15, 0.2) is 28.7 Å². The quantitative estimate of drug-likeness (QED) is 0.657. The first-order chi connectivity index (χ1) is 9.76. The molecule has 1 aromatic rings. The van der Waals surface area contributed by atoms with Gasteiger partial charge in [0.15, 0.2) is 0 Å². The van der Waals surface area contributed by atoms with Crippen molar-refractivity contribution in [1.82, 2.24) is 5.32 Å². The summed E-state index contributed by atoms with van der Waals surface area (Å²) >= 11 is 3.50. The van der Waals surface area contributed by atoms with Crippen LogP contribution < -0.4 is 5.32 Å². The molecule has 21 heavy (non-hydrogen) atoms. The Bertz CT molecular complexity index is 424. The average molecular weight is 384 g/mol. The van der Waals surface area contributed by atoms with E-state index < -0.39 is 5.51 Å². The first-order valence-electron chi connectivity index (χ1n) is 6.95. The fraction of sp³-hybridized carbons (Fsp3) is 0.600. The Kier molecular flexibility index (Phi) is 8.13. The van der Waals surface area contributed by atoms with Gasteiger partial charge in [-0.15, -0.1) is 0 Å². The van der Waals surface area contributed by atoms with E-state index in [4.69, 9.17) is 0 Å². The summed E-state index contributed by atoms with van der Waals surface area (Å²) in [6.07, 6.45) is 1.34. The summed E-state index contributed by atoms with van der Waals surface area (Å²) < 4.78 is 37.7. The summed E-state index contributed by atoms with van der Waals surface area (Å²) in [6.45, 7) is 4.82. The van der Waals surface area contributed by atoms with E-state index in [1.54, 1.807) is 0 Å². The summed E-state index contributed by atoms with van der Waals surface area (Å²) in [6, 6.07) is 8.29. The van der Waals surface area contributed by atoms with E-state index in [1.165, 1.54) is 0 Å². The number of rotatable bonds is 8. The Morgan fingerprint density at radius 1 is 1.29 bits per heavy atom. The Morgan fingerprint density at radius 2 is 2.00 bits per heavy atom. The molecule has 1 unspecified atom stereocenters. The van der Waals surface area contributed by atoms with E-state index in [0.717, 1.165) is 23.0 Å². The predicted octanol–water partition coefficient (Wildman–Crippen LogP) is 5.25. The summed E-state index contributed by atoms with van der Waals surface area (Å²) in [5, 5.41) is 3.33. The number of alkyl halides is 3. The zero-order valence-corrected chi connectivity index (χ0v) is 14.6. The molecule has 0 aromatic heterocycles. The molecule has 0 bridgehead atoms. The molecule has 1 N–H and O–H groups in total. The minimum Gasteiger partial charge on any atom is -0.314 e. The van der Waals surface area contributed by atoms with Crippen molar-refractivity contribution in [2.24, 2.45) is 5.92 Å². The molecule has 120 valence electrons. The molecule has 1 rings (SSSR count). The van der Waals surface area contributed by atoms with Gasteiger partial charge >= 0.3 is 5.51 Å². The number of benzene rings is 1. The zero-order chi connectivity index (χ0) is 15.9. The summed E-state index contributed by atoms with van der Waals surface area (Å²) in [4.78, 5) is 0. The van der Waals surface area contributed by atoms with Gasteiger partial charge in [0.25, 0.3) is 0 Å². The lowest BCUT2D eigenvalue weighted by Gasteiger charge is -2.20. The maximum Gasteiger partial charge on any atom is 0.441 e. The third-order valence-corrected chi connectivity index (χ3v) is 4.28. The van der Waals surface area contributed by atoms with Crippen molar-refractivity contribution < 1.29 is 13.2 Å². The largest absolute Gasteiger partial charge is 0.441 e. The Labute approximate surface area is 137 Å². The molecule has 0 aliphatic rings. The van der Waals surface area contributed by atoms with Crippen molar-refractivity contribution in [1.29, 1.82) is 0 Å². The predicted molar refractivity (Wildman–Crippen MR) is 87.6 cm³/mol. The zero-order valence-electron chi connectivity index (χ0n) is 12.2. The number of halogens is 4. The molecule has 0 spiro atoms. The van der Waals surface area contributed by atoms with Crippen LogP contribution in [-0.2, 0) is 6.42 Å². The molecule has 0 aliphatic heterocycles. The number of hydrogen-bond acceptors (Lipinski definition) is 2. The normalized spacial score (nSPS) is 13.7. The van der Waals surface area contributed by atoms with Gasteiger partial charge in [-0.05, 0) is 43.0 Å². The molecular formula is C15H21BrF3NS. The molecule has 0 fully saturated rings. The van der Waals surface area contributed by atoms with Crippen molar-refractivity contribution >= 4 is 27.7 Å². The van der Waals surface area contributed by atoms with Gasteiger partial charge in [0, 0.05) is 16.3 Å². The average Bonchev–Trinajstić information content (AvgIpc) is 2.34. The van der Waals surface area contributed by atoms with Gasteiger partial charge in [-0.3, -0.25) is 0 Å². The van der Waals surface area contributed by atoms with Crippen molar-refractivity contribution in [2.75, 3.05) is 12.3 Å². The maximum atomic E-state index is 12.2.